The Kier molecular flexibility index (Phi) is 7.59. The standard InChI is InChI=1S/C17H16ClN3O6S/c1-4-26-12-6-10(5-11(18)15(12)27-9(2)22)8-19-21-17-20-16(24)13(28-17)7-14(23)25-3/h5-8H,4H2,1-3H3,(H,20,21,24)/b13-7+,19-8?. The third kappa shape index (κ3) is 5.83. The van der Waals surface area contributed by atoms with E-state index >= 15 is 0 Å². The highest BCUT2D eigenvalue weighted by atomic mass is 35.5. The Morgan fingerprint density at radius 2 is 2.11 bits per heavy atom. The van der Waals surface area contributed by atoms with E-state index in [0.717, 1.165) is 17.8 Å². The fourth-order valence-corrected chi connectivity index (χ4v) is 2.95. The molecule has 1 amide bonds. The summed E-state index contributed by atoms with van der Waals surface area (Å²) in [6.07, 6.45) is 2.45. The first-order valence-corrected chi connectivity index (χ1v) is 9.08. The van der Waals surface area contributed by atoms with Crippen molar-refractivity contribution in [1.82, 2.24) is 5.32 Å². The second-order valence-electron chi connectivity index (χ2n) is 5.09. The molecular formula is C17H16ClN3O6S. The van der Waals surface area contributed by atoms with Crippen LogP contribution < -0.4 is 14.8 Å². The third-order valence-corrected chi connectivity index (χ3v) is 4.21. The minimum absolute atomic E-state index is 0.121. The number of ether oxygens (including phenoxy) is 3. The number of amidine groups is 1. The van der Waals surface area contributed by atoms with E-state index in [-0.39, 0.29) is 26.6 Å². The lowest BCUT2D eigenvalue weighted by molar-refractivity contribution is -0.135. The fourth-order valence-electron chi connectivity index (χ4n) is 1.96. The monoisotopic (exact) mass is 425 g/mol. The van der Waals surface area contributed by atoms with E-state index in [1.807, 2.05) is 0 Å². The molecule has 1 aliphatic rings. The molecule has 0 radical (unpaired) electrons. The van der Waals surface area contributed by atoms with Crippen LogP contribution >= 0.6 is 23.4 Å². The van der Waals surface area contributed by atoms with Gasteiger partial charge >= 0.3 is 11.9 Å². The molecule has 1 fully saturated rings. The van der Waals surface area contributed by atoms with Crippen LogP contribution in [0.15, 0.2) is 33.3 Å². The molecule has 1 heterocycles. The SMILES string of the molecule is CCOc1cc(C=N/N=C2/NC(=O)/C(=C\C(=O)OC)S2)cc(Cl)c1OC(C)=O. The van der Waals surface area contributed by atoms with Crippen molar-refractivity contribution in [3.8, 4) is 11.5 Å². The molecule has 0 saturated carbocycles. The number of rotatable bonds is 6. The van der Waals surface area contributed by atoms with Crippen molar-refractivity contribution in [2.24, 2.45) is 10.2 Å². The highest BCUT2D eigenvalue weighted by molar-refractivity contribution is 8.18. The van der Waals surface area contributed by atoms with E-state index in [1.165, 1.54) is 26.3 Å². The van der Waals surface area contributed by atoms with Gasteiger partial charge in [-0.2, -0.15) is 5.10 Å². The first kappa shape index (κ1) is 21.5. The number of esters is 2. The molecule has 0 aromatic heterocycles. The van der Waals surface area contributed by atoms with Gasteiger partial charge in [-0.05, 0) is 30.8 Å². The van der Waals surface area contributed by atoms with Crippen LogP contribution in [0.2, 0.25) is 5.02 Å². The molecule has 2 rings (SSSR count). The van der Waals surface area contributed by atoms with Gasteiger partial charge in [-0.15, -0.1) is 5.10 Å². The van der Waals surface area contributed by atoms with Crippen molar-refractivity contribution >= 4 is 52.6 Å². The van der Waals surface area contributed by atoms with Gasteiger partial charge in [0.05, 0.1) is 29.9 Å². The number of carbonyl (C=O) groups is 3. The lowest BCUT2D eigenvalue weighted by Crippen LogP contribution is -2.19. The molecule has 1 N–H and O–H groups in total. The maximum atomic E-state index is 11.7. The summed E-state index contributed by atoms with van der Waals surface area (Å²) in [6.45, 7) is 3.37. The van der Waals surface area contributed by atoms with Crippen molar-refractivity contribution < 1.29 is 28.6 Å². The van der Waals surface area contributed by atoms with Crippen LogP contribution in [0.4, 0.5) is 0 Å². The summed E-state index contributed by atoms with van der Waals surface area (Å²) in [5.74, 6) is -1.24. The van der Waals surface area contributed by atoms with Gasteiger partial charge in [-0.3, -0.25) is 14.9 Å². The van der Waals surface area contributed by atoms with Gasteiger partial charge in [0.1, 0.15) is 0 Å². The van der Waals surface area contributed by atoms with Crippen LogP contribution in [0, 0.1) is 0 Å². The minimum atomic E-state index is -0.645. The Labute approximate surface area is 169 Å². The summed E-state index contributed by atoms with van der Waals surface area (Å²) in [5, 5.41) is 10.6. The largest absolute Gasteiger partial charge is 0.490 e. The van der Waals surface area contributed by atoms with Gasteiger partial charge in [0.25, 0.3) is 5.91 Å². The zero-order chi connectivity index (χ0) is 20.7. The van der Waals surface area contributed by atoms with E-state index < -0.39 is 17.8 Å². The van der Waals surface area contributed by atoms with Crippen molar-refractivity contribution in [3.63, 3.8) is 0 Å². The fraction of sp³-hybridized carbons (Fsp3) is 0.235. The maximum absolute atomic E-state index is 11.7. The van der Waals surface area contributed by atoms with E-state index in [9.17, 15) is 14.4 Å². The van der Waals surface area contributed by atoms with Crippen molar-refractivity contribution in [2.45, 2.75) is 13.8 Å². The number of nitrogens with one attached hydrogen (secondary N) is 1. The number of halogens is 1. The van der Waals surface area contributed by atoms with Gasteiger partial charge in [-0.1, -0.05) is 11.6 Å². The summed E-state index contributed by atoms with van der Waals surface area (Å²) < 4.78 is 15.0. The Balaban J connectivity index is 2.19. The highest BCUT2D eigenvalue weighted by Crippen LogP contribution is 2.36. The molecule has 28 heavy (non-hydrogen) atoms. The Morgan fingerprint density at radius 1 is 1.36 bits per heavy atom. The van der Waals surface area contributed by atoms with E-state index in [0.29, 0.717) is 12.2 Å². The van der Waals surface area contributed by atoms with Crippen molar-refractivity contribution in [3.05, 3.63) is 33.7 Å². The zero-order valence-corrected chi connectivity index (χ0v) is 16.7. The summed E-state index contributed by atoms with van der Waals surface area (Å²) in [5.41, 5.74) is 0.536. The molecule has 11 heteroatoms. The van der Waals surface area contributed by atoms with Crippen LogP contribution in [0.1, 0.15) is 19.4 Å². The number of hydrogen-bond donors (Lipinski definition) is 1. The zero-order valence-electron chi connectivity index (χ0n) is 15.1. The quantitative estimate of drug-likeness (QED) is 0.244. The number of hydrogen-bond acceptors (Lipinski definition) is 9. The summed E-state index contributed by atoms with van der Waals surface area (Å²) in [7, 11) is 1.21. The second kappa shape index (κ2) is 9.90. The topological polar surface area (TPSA) is 116 Å². The Morgan fingerprint density at radius 3 is 2.75 bits per heavy atom. The first-order chi connectivity index (χ1) is 13.3. The first-order valence-electron chi connectivity index (χ1n) is 7.88. The summed E-state index contributed by atoms with van der Waals surface area (Å²) in [6, 6.07) is 3.11. The molecule has 0 unspecified atom stereocenters. The summed E-state index contributed by atoms with van der Waals surface area (Å²) in [4.78, 5) is 34.3. The normalized spacial score (nSPS) is 16.5. The molecule has 148 valence electrons. The Bertz CT molecular complexity index is 897. The molecule has 1 aliphatic heterocycles. The minimum Gasteiger partial charge on any atom is -0.490 e. The van der Waals surface area contributed by atoms with E-state index in [2.05, 4.69) is 20.3 Å². The van der Waals surface area contributed by atoms with Crippen molar-refractivity contribution in [2.75, 3.05) is 13.7 Å². The van der Waals surface area contributed by atoms with E-state index in [4.69, 9.17) is 21.1 Å². The molecule has 1 saturated heterocycles. The second-order valence-corrected chi connectivity index (χ2v) is 6.53. The third-order valence-electron chi connectivity index (χ3n) is 3.03. The van der Waals surface area contributed by atoms with Gasteiger partial charge in [0.2, 0.25) is 0 Å². The molecule has 1 aromatic rings. The number of thioether (sulfide) groups is 1. The maximum Gasteiger partial charge on any atom is 0.331 e. The highest BCUT2D eigenvalue weighted by Gasteiger charge is 2.25. The number of amides is 1. The van der Waals surface area contributed by atoms with Gasteiger partial charge in [0.15, 0.2) is 16.7 Å². The predicted octanol–water partition coefficient (Wildman–Crippen LogP) is 2.27. The van der Waals surface area contributed by atoms with Gasteiger partial charge < -0.3 is 14.2 Å². The molecule has 0 aliphatic carbocycles. The molecule has 0 spiro atoms. The Hall–Kier alpha value is -2.85. The lowest BCUT2D eigenvalue weighted by atomic mass is 10.2. The predicted molar refractivity (Wildman–Crippen MR) is 105 cm³/mol. The van der Waals surface area contributed by atoms with Gasteiger partial charge in [0, 0.05) is 18.6 Å². The number of nitrogens with zero attached hydrogens (tertiary/aromatic N) is 2. The van der Waals surface area contributed by atoms with Crippen LogP contribution in [-0.4, -0.2) is 42.9 Å². The molecule has 9 nitrogen and oxygen atoms in total. The van der Waals surface area contributed by atoms with Crippen LogP contribution in [0.3, 0.4) is 0 Å². The molecule has 1 aromatic carbocycles. The molecule has 0 atom stereocenters. The van der Waals surface area contributed by atoms with Crippen LogP contribution in [-0.2, 0) is 19.1 Å². The van der Waals surface area contributed by atoms with E-state index in [1.54, 1.807) is 13.0 Å². The molecule has 0 bridgehead atoms. The number of methoxy groups -OCH3 is 1. The van der Waals surface area contributed by atoms with Crippen LogP contribution in [0.25, 0.3) is 0 Å². The average molecular weight is 426 g/mol. The number of benzene rings is 1. The molecular weight excluding hydrogens is 410 g/mol. The smallest absolute Gasteiger partial charge is 0.331 e. The van der Waals surface area contributed by atoms with Crippen molar-refractivity contribution in [1.29, 1.82) is 0 Å². The van der Waals surface area contributed by atoms with Crippen LogP contribution in [0.5, 0.6) is 11.5 Å². The summed E-state index contributed by atoms with van der Waals surface area (Å²) >= 11 is 7.10. The average Bonchev–Trinajstić information content (AvgIpc) is 2.97. The lowest BCUT2D eigenvalue weighted by Gasteiger charge is -2.12. The number of carbonyl (C=O) groups excluding carboxylic acids is 3. The van der Waals surface area contributed by atoms with Gasteiger partial charge in [-0.25, -0.2) is 4.79 Å².